The second-order valence-corrected chi connectivity index (χ2v) is 9.38. The van der Waals surface area contributed by atoms with Crippen LogP contribution in [-0.4, -0.2) is 95.3 Å². The van der Waals surface area contributed by atoms with E-state index in [1.165, 1.54) is 62.8 Å². The minimum absolute atomic E-state index is 0.00597. The average molecular weight is 561 g/mol. The molecule has 4 unspecified atom stereocenters. The van der Waals surface area contributed by atoms with Crippen LogP contribution in [0.3, 0.4) is 0 Å². The Kier molecular flexibility index (Phi) is 10.6. The average Bonchev–Trinajstić information content (AvgIpc) is 2.97. The quantitative estimate of drug-likeness (QED) is 0.217. The molecule has 0 aliphatic carbocycles. The van der Waals surface area contributed by atoms with Crippen molar-refractivity contribution >= 4 is 23.3 Å². The molecule has 2 aromatic carbocycles. The zero-order chi connectivity index (χ0) is 29.4. The molecule has 1 aliphatic heterocycles. The van der Waals surface area contributed by atoms with E-state index < -0.39 is 45.8 Å². The third-order valence-corrected chi connectivity index (χ3v) is 7.05. The molecule has 216 valence electrons. The van der Waals surface area contributed by atoms with Gasteiger partial charge in [0.15, 0.2) is 0 Å². The van der Waals surface area contributed by atoms with Crippen LogP contribution >= 0.6 is 0 Å². The van der Waals surface area contributed by atoms with Crippen molar-refractivity contribution in [1.82, 2.24) is 9.80 Å². The van der Waals surface area contributed by atoms with Gasteiger partial charge in [-0.15, -0.1) is 0 Å². The van der Waals surface area contributed by atoms with Crippen molar-refractivity contribution in [2.24, 2.45) is 11.8 Å². The molecule has 2 aromatic rings. The molecule has 40 heavy (non-hydrogen) atoms. The van der Waals surface area contributed by atoms with Crippen LogP contribution in [0.25, 0.3) is 0 Å². The summed E-state index contributed by atoms with van der Waals surface area (Å²) < 4.78 is 9.74. The Hall–Kier alpha value is -3.98. The SMILES string of the molecule is COC(=O)C(CN1CCN(CC(C(=O)OC)C(O)c2ccccc2[N+](=O)[O-])CC1)C(O)c1ccccc1[N+](=O)[O-]. The number of piperazine rings is 1. The summed E-state index contributed by atoms with van der Waals surface area (Å²) >= 11 is 0. The Morgan fingerprint density at radius 1 is 0.750 bits per heavy atom. The lowest BCUT2D eigenvalue weighted by atomic mass is 9.93. The lowest BCUT2D eigenvalue weighted by molar-refractivity contribution is -0.386. The maximum atomic E-state index is 12.6. The topological polar surface area (TPSA) is 186 Å². The van der Waals surface area contributed by atoms with E-state index in [2.05, 4.69) is 0 Å². The van der Waals surface area contributed by atoms with Gasteiger partial charge >= 0.3 is 11.9 Å². The number of aliphatic hydroxyl groups excluding tert-OH is 2. The molecule has 0 saturated carbocycles. The van der Waals surface area contributed by atoms with Crippen LogP contribution < -0.4 is 0 Å². The number of methoxy groups -OCH3 is 2. The van der Waals surface area contributed by atoms with Crippen molar-refractivity contribution < 1.29 is 39.1 Å². The summed E-state index contributed by atoms with van der Waals surface area (Å²) in [4.78, 5) is 50.6. The highest BCUT2D eigenvalue weighted by Gasteiger charge is 2.37. The molecule has 1 aliphatic rings. The van der Waals surface area contributed by atoms with Gasteiger partial charge < -0.3 is 19.7 Å². The second-order valence-electron chi connectivity index (χ2n) is 9.38. The van der Waals surface area contributed by atoms with Crippen LogP contribution in [0.4, 0.5) is 11.4 Å². The van der Waals surface area contributed by atoms with Crippen LogP contribution in [-0.2, 0) is 19.1 Å². The third kappa shape index (κ3) is 7.15. The van der Waals surface area contributed by atoms with E-state index in [-0.39, 0.29) is 35.6 Å². The van der Waals surface area contributed by atoms with Gasteiger partial charge in [0.1, 0.15) is 12.2 Å². The van der Waals surface area contributed by atoms with Crippen molar-refractivity contribution in [2.75, 3.05) is 53.5 Å². The number of hydrogen-bond donors (Lipinski definition) is 2. The monoisotopic (exact) mass is 560 g/mol. The summed E-state index contributed by atoms with van der Waals surface area (Å²) in [5, 5.41) is 44.8. The van der Waals surface area contributed by atoms with Crippen molar-refractivity contribution in [1.29, 1.82) is 0 Å². The number of nitro benzene ring substituents is 2. The summed E-state index contributed by atoms with van der Waals surface area (Å²) in [6.45, 7) is 1.76. The first-order chi connectivity index (χ1) is 19.1. The predicted molar refractivity (Wildman–Crippen MR) is 140 cm³/mol. The third-order valence-electron chi connectivity index (χ3n) is 7.05. The standard InChI is InChI=1S/C26H32N4O10/c1-39-25(33)19(23(31)17-7-3-5-9-21(17)29(35)36)15-27-11-13-28(14-12-27)16-20(26(34)40-2)24(32)18-8-4-6-10-22(18)30(37)38/h3-10,19-20,23-24,31-32H,11-16H2,1-2H3. The summed E-state index contributed by atoms with van der Waals surface area (Å²) in [7, 11) is 2.35. The number of carbonyl (C=O) groups is 2. The Morgan fingerprint density at radius 3 is 1.38 bits per heavy atom. The van der Waals surface area contributed by atoms with Gasteiger partial charge in [0.2, 0.25) is 0 Å². The molecule has 14 nitrogen and oxygen atoms in total. The lowest BCUT2D eigenvalue weighted by Crippen LogP contribution is -2.51. The molecular formula is C26H32N4O10. The van der Waals surface area contributed by atoms with Crippen LogP contribution in [0.1, 0.15) is 23.3 Å². The number of carbonyl (C=O) groups excluding carboxylic acids is 2. The van der Waals surface area contributed by atoms with E-state index in [1.54, 1.807) is 0 Å². The number of ether oxygens (including phenoxy) is 2. The normalized spacial score (nSPS) is 17.3. The number of nitrogens with zero attached hydrogens (tertiary/aromatic N) is 4. The molecule has 3 rings (SSSR count). The van der Waals surface area contributed by atoms with Crippen molar-refractivity contribution in [3.8, 4) is 0 Å². The zero-order valence-corrected chi connectivity index (χ0v) is 22.1. The number of esters is 2. The molecule has 0 spiro atoms. The van der Waals surface area contributed by atoms with E-state index in [9.17, 15) is 40.0 Å². The fourth-order valence-corrected chi connectivity index (χ4v) is 4.86. The minimum atomic E-state index is -1.48. The molecule has 1 saturated heterocycles. The Morgan fingerprint density at radius 2 is 1.07 bits per heavy atom. The molecule has 1 heterocycles. The molecule has 14 heteroatoms. The second kappa shape index (κ2) is 13.9. The van der Waals surface area contributed by atoms with Crippen LogP contribution in [0.5, 0.6) is 0 Å². The first-order valence-electron chi connectivity index (χ1n) is 12.5. The maximum Gasteiger partial charge on any atom is 0.312 e. The molecular weight excluding hydrogens is 528 g/mol. The molecule has 0 aromatic heterocycles. The molecule has 1 fully saturated rings. The number of benzene rings is 2. The molecule has 0 amide bonds. The van der Waals surface area contributed by atoms with Crippen LogP contribution in [0.15, 0.2) is 48.5 Å². The molecule has 0 radical (unpaired) electrons. The van der Waals surface area contributed by atoms with Gasteiger partial charge in [0.05, 0.1) is 47.0 Å². The number of rotatable bonds is 12. The zero-order valence-electron chi connectivity index (χ0n) is 22.1. The lowest BCUT2D eigenvalue weighted by Gasteiger charge is -2.38. The molecule has 0 bridgehead atoms. The maximum absolute atomic E-state index is 12.6. The van der Waals surface area contributed by atoms with E-state index in [0.717, 1.165) is 0 Å². The van der Waals surface area contributed by atoms with E-state index in [4.69, 9.17) is 9.47 Å². The van der Waals surface area contributed by atoms with Crippen LogP contribution in [0.2, 0.25) is 0 Å². The Bertz CT molecular complexity index is 1120. The first kappa shape index (κ1) is 30.6. The summed E-state index contributed by atoms with van der Waals surface area (Å²) in [6, 6.07) is 11.3. The molecule has 4 atom stereocenters. The summed E-state index contributed by atoms with van der Waals surface area (Å²) in [5.74, 6) is -3.63. The first-order valence-corrected chi connectivity index (χ1v) is 12.5. The van der Waals surface area contributed by atoms with Crippen molar-refractivity contribution in [3.05, 3.63) is 79.9 Å². The highest BCUT2D eigenvalue weighted by atomic mass is 16.6. The fourth-order valence-electron chi connectivity index (χ4n) is 4.86. The van der Waals surface area contributed by atoms with E-state index >= 15 is 0 Å². The van der Waals surface area contributed by atoms with Crippen molar-refractivity contribution in [3.63, 3.8) is 0 Å². The Balaban J connectivity index is 1.70. The van der Waals surface area contributed by atoms with Gasteiger partial charge in [-0.3, -0.25) is 39.6 Å². The highest BCUT2D eigenvalue weighted by Crippen LogP contribution is 2.33. The Labute approximate surface area is 230 Å². The van der Waals surface area contributed by atoms with Gasteiger partial charge in [-0.1, -0.05) is 24.3 Å². The largest absolute Gasteiger partial charge is 0.469 e. The smallest absolute Gasteiger partial charge is 0.312 e. The fraction of sp³-hybridized carbons (Fsp3) is 0.462. The van der Waals surface area contributed by atoms with Gasteiger partial charge in [0, 0.05) is 51.4 Å². The van der Waals surface area contributed by atoms with Gasteiger partial charge in [-0.2, -0.15) is 0 Å². The summed E-state index contributed by atoms with van der Waals surface area (Å²) in [6.07, 6.45) is -2.96. The predicted octanol–water partition coefficient (Wildman–Crippen LogP) is 1.47. The summed E-state index contributed by atoms with van der Waals surface area (Å²) in [5.41, 5.74) is -0.600. The van der Waals surface area contributed by atoms with E-state index in [1.807, 2.05) is 9.80 Å². The molecule has 2 N–H and O–H groups in total. The minimum Gasteiger partial charge on any atom is -0.469 e. The van der Waals surface area contributed by atoms with Gasteiger partial charge in [0.25, 0.3) is 11.4 Å². The number of para-hydroxylation sites is 2. The van der Waals surface area contributed by atoms with E-state index in [0.29, 0.717) is 26.2 Å². The van der Waals surface area contributed by atoms with Crippen LogP contribution in [0, 0.1) is 32.1 Å². The highest BCUT2D eigenvalue weighted by molar-refractivity contribution is 5.74. The van der Waals surface area contributed by atoms with Gasteiger partial charge in [-0.25, -0.2) is 0 Å². The van der Waals surface area contributed by atoms with Crippen molar-refractivity contribution in [2.45, 2.75) is 12.2 Å². The number of hydrogen-bond acceptors (Lipinski definition) is 12. The number of nitro groups is 2. The van der Waals surface area contributed by atoms with Gasteiger partial charge in [-0.05, 0) is 12.1 Å². The number of aliphatic hydroxyl groups is 2.